The van der Waals surface area contributed by atoms with Gasteiger partial charge in [0.25, 0.3) is 0 Å². The summed E-state index contributed by atoms with van der Waals surface area (Å²) in [5.41, 5.74) is 0.271. The Morgan fingerprint density at radius 1 is 1.00 bits per heavy atom. The third-order valence-electron chi connectivity index (χ3n) is 1.91. The van der Waals surface area contributed by atoms with Gasteiger partial charge in [-0.05, 0) is 35.3 Å². The van der Waals surface area contributed by atoms with Crippen molar-refractivity contribution in [2.24, 2.45) is 0 Å². The molecule has 4 nitrogen and oxygen atoms in total. The average molecular weight is 310 g/mol. The van der Waals surface area contributed by atoms with E-state index < -0.39 is 12.1 Å². The van der Waals surface area contributed by atoms with Crippen molar-refractivity contribution in [1.82, 2.24) is 15.0 Å². The molecule has 2 aromatic rings. The summed E-state index contributed by atoms with van der Waals surface area (Å²) < 4.78 is 40.1. The van der Waals surface area contributed by atoms with Gasteiger partial charge in [0.2, 0.25) is 10.6 Å². The maximum Gasteiger partial charge on any atom is 0.573 e. The number of hydrogen-bond donors (Lipinski definition) is 0. The highest BCUT2D eigenvalue weighted by atomic mass is 35.5. The van der Waals surface area contributed by atoms with E-state index in [4.69, 9.17) is 23.2 Å². The first-order valence-electron chi connectivity index (χ1n) is 4.77. The second-order valence-corrected chi connectivity index (χ2v) is 3.95. The van der Waals surface area contributed by atoms with Gasteiger partial charge in [0.15, 0.2) is 5.82 Å². The molecule has 1 aromatic carbocycles. The number of alkyl halides is 3. The van der Waals surface area contributed by atoms with Crippen LogP contribution >= 0.6 is 23.2 Å². The average Bonchev–Trinajstić information content (AvgIpc) is 2.25. The van der Waals surface area contributed by atoms with Crippen LogP contribution in [-0.2, 0) is 0 Å². The maximum atomic E-state index is 12.1. The van der Waals surface area contributed by atoms with Crippen molar-refractivity contribution in [3.05, 3.63) is 34.8 Å². The molecule has 0 aliphatic carbocycles. The van der Waals surface area contributed by atoms with Crippen LogP contribution < -0.4 is 4.74 Å². The molecule has 0 saturated carbocycles. The van der Waals surface area contributed by atoms with Gasteiger partial charge in [0.1, 0.15) is 5.75 Å². The van der Waals surface area contributed by atoms with Crippen molar-refractivity contribution in [3.63, 3.8) is 0 Å². The maximum absolute atomic E-state index is 12.1. The van der Waals surface area contributed by atoms with E-state index in [0.717, 1.165) is 12.1 Å². The summed E-state index contributed by atoms with van der Waals surface area (Å²) >= 11 is 11.2. The summed E-state index contributed by atoms with van der Waals surface area (Å²) in [6.45, 7) is 0. The largest absolute Gasteiger partial charge is 0.573 e. The van der Waals surface area contributed by atoms with E-state index in [9.17, 15) is 13.2 Å². The zero-order valence-electron chi connectivity index (χ0n) is 8.95. The van der Waals surface area contributed by atoms with Crippen LogP contribution in [0.5, 0.6) is 5.75 Å². The van der Waals surface area contributed by atoms with Crippen LogP contribution in [0.15, 0.2) is 24.3 Å². The number of halogens is 5. The minimum atomic E-state index is -4.77. The van der Waals surface area contributed by atoms with E-state index in [1.165, 1.54) is 12.1 Å². The molecule has 1 heterocycles. The Morgan fingerprint density at radius 2 is 1.63 bits per heavy atom. The Hall–Kier alpha value is -1.60. The summed E-state index contributed by atoms with van der Waals surface area (Å²) in [5.74, 6) is -0.338. The van der Waals surface area contributed by atoms with Crippen molar-refractivity contribution < 1.29 is 17.9 Å². The van der Waals surface area contributed by atoms with Crippen LogP contribution in [0, 0.1) is 0 Å². The minimum absolute atomic E-state index is 0.0534. The molecule has 0 bridgehead atoms. The summed E-state index contributed by atoms with van der Waals surface area (Å²) in [7, 11) is 0. The fourth-order valence-corrected chi connectivity index (χ4v) is 1.65. The third kappa shape index (κ3) is 3.93. The smallest absolute Gasteiger partial charge is 0.406 e. The van der Waals surface area contributed by atoms with Crippen molar-refractivity contribution in [2.75, 3.05) is 0 Å². The number of benzene rings is 1. The number of ether oxygens (including phenoxy) is 1. The van der Waals surface area contributed by atoms with Gasteiger partial charge in [0, 0.05) is 5.56 Å². The molecule has 0 spiro atoms. The molecule has 19 heavy (non-hydrogen) atoms. The summed E-state index contributed by atoms with van der Waals surface area (Å²) in [5, 5.41) is -0.311. The topological polar surface area (TPSA) is 47.9 Å². The van der Waals surface area contributed by atoms with Gasteiger partial charge in [-0.3, -0.25) is 0 Å². The minimum Gasteiger partial charge on any atom is -0.406 e. The lowest BCUT2D eigenvalue weighted by molar-refractivity contribution is -0.274. The molecule has 0 N–H and O–H groups in total. The van der Waals surface area contributed by atoms with Crippen LogP contribution in [0.3, 0.4) is 0 Å². The van der Waals surface area contributed by atoms with Gasteiger partial charge < -0.3 is 4.74 Å². The predicted molar refractivity (Wildman–Crippen MR) is 62.0 cm³/mol. The van der Waals surface area contributed by atoms with Crippen molar-refractivity contribution in [2.45, 2.75) is 6.36 Å². The lowest BCUT2D eigenvalue weighted by atomic mass is 10.2. The summed E-state index contributed by atoms with van der Waals surface area (Å²) in [6.07, 6.45) is -4.77. The number of rotatable bonds is 2. The number of aromatic nitrogens is 3. The van der Waals surface area contributed by atoms with Crippen LogP contribution in [0.1, 0.15) is 0 Å². The van der Waals surface area contributed by atoms with Gasteiger partial charge in [0.05, 0.1) is 0 Å². The Kier molecular flexibility index (Phi) is 3.77. The van der Waals surface area contributed by atoms with Crippen molar-refractivity contribution in [1.29, 1.82) is 0 Å². The Morgan fingerprint density at radius 3 is 2.21 bits per heavy atom. The standard InChI is InChI=1S/C10H4Cl2F3N3O/c11-8-16-7(17-9(12)18-8)5-2-1-3-6(4-5)19-10(13,14)15/h1-4H. The normalized spacial score (nSPS) is 11.4. The molecule has 0 unspecified atom stereocenters. The first-order chi connectivity index (χ1) is 8.83. The van der Waals surface area contributed by atoms with Crippen LogP contribution in [0.25, 0.3) is 11.4 Å². The lowest BCUT2D eigenvalue weighted by Crippen LogP contribution is -2.17. The fraction of sp³-hybridized carbons (Fsp3) is 0.100. The Balaban J connectivity index is 2.37. The second-order valence-electron chi connectivity index (χ2n) is 3.27. The lowest BCUT2D eigenvalue weighted by Gasteiger charge is -2.09. The molecule has 0 radical (unpaired) electrons. The first-order valence-corrected chi connectivity index (χ1v) is 5.52. The van der Waals surface area contributed by atoms with Crippen molar-refractivity contribution >= 4 is 23.2 Å². The molecule has 0 amide bonds. The number of nitrogens with zero attached hydrogens (tertiary/aromatic N) is 3. The highest BCUT2D eigenvalue weighted by Gasteiger charge is 2.31. The van der Waals surface area contributed by atoms with Gasteiger partial charge in [-0.1, -0.05) is 12.1 Å². The van der Waals surface area contributed by atoms with Crippen LogP contribution in [0.4, 0.5) is 13.2 Å². The van der Waals surface area contributed by atoms with E-state index in [0.29, 0.717) is 0 Å². The molecule has 0 atom stereocenters. The second kappa shape index (κ2) is 5.18. The molecule has 0 saturated heterocycles. The van der Waals surface area contributed by atoms with Gasteiger partial charge in [-0.2, -0.15) is 15.0 Å². The SMILES string of the molecule is FC(F)(F)Oc1cccc(-c2nc(Cl)nc(Cl)n2)c1. The highest BCUT2D eigenvalue weighted by Crippen LogP contribution is 2.27. The summed E-state index contributed by atoms with van der Waals surface area (Å²) in [6, 6.07) is 5.13. The van der Waals surface area contributed by atoms with Crippen LogP contribution in [-0.4, -0.2) is 21.3 Å². The van der Waals surface area contributed by atoms with E-state index in [2.05, 4.69) is 19.7 Å². The molecular weight excluding hydrogens is 306 g/mol. The van der Waals surface area contributed by atoms with E-state index in [1.807, 2.05) is 0 Å². The molecule has 0 fully saturated rings. The molecule has 9 heteroatoms. The van der Waals surface area contributed by atoms with E-state index in [-0.39, 0.29) is 22.0 Å². The zero-order chi connectivity index (χ0) is 14.0. The summed E-state index contributed by atoms with van der Waals surface area (Å²) in [4.78, 5) is 11.1. The molecule has 1 aromatic heterocycles. The molecule has 0 aliphatic rings. The van der Waals surface area contributed by atoms with E-state index in [1.54, 1.807) is 0 Å². The molecule has 100 valence electrons. The quantitative estimate of drug-likeness (QED) is 0.847. The third-order valence-corrected chi connectivity index (χ3v) is 2.24. The Labute approximate surface area is 115 Å². The van der Waals surface area contributed by atoms with Gasteiger partial charge >= 0.3 is 6.36 Å². The van der Waals surface area contributed by atoms with Gasteiger partial charge in [-0.15, -0.1) is 13.2 Å². The van der Waals surface area contributed by atoms with E-state index >= 15 is 0 Å². The van der Waals surface area contributed by atoms with Crippen molar-refractivity contribution in [3.8, 4) is 17.1 Å². The Bertz CT molecular complexity index is 587. The molecular formula is C10H4Cl2F3N3O. The van der Waals surface area contributed by atoms with Crippen LogP contribution in [0.2, 0.25) is 10.6 Å². The monoisotopic (exact) mass is 309 g/mol. The molecule has 2 rings (SSSR count). The predicted octanol–water partition coefficient (Wildman–Crippen LogP) is 3.74. The first kappa shape index (κ1) is 13.8. The zero-order valence-corrected chi connectivity index (χ0v) is 10.5. The highest BCUT2D eigenvalue weighted by molar-refractivity contribution is 6.31. The fourth-order valence-electron chi connectivity index (χ4n) is 1.29. The molecule has 0 aliphatic heterocycles. The van der Waals surface area contributed by atoms with Gasteiger partial charge in [-0.25, -0.2) is 0 Å². The number of hydrogen-bond acceptors (Lipinski definition) is 4.